The van der Waals surface area contributed by atoms with Crippen molar-refractivity contribution in [1.82, 2.24) is 5.32 Å². The van der Waals surface area contributed by atoms with Crippen molar-refractivity contribution in [3.63, 3.8) is 0 Å². The van der Waals surface area contributed by atoms with Crippen LogP contribution in [0.5, 0.6) is 0 Å². The summed E-state index contributed by atoms with van der Waals surface area (Å²) in [5.74, 6) is 2.74. The van der Waals surface area contributed by atoms with Crippen molar-refractivity contribution in [3.05, 3.63) is 0 Å². The average molecular weight is 141 g/mol. The van der Waals surface area contributed by atoms with Gasteiger partial charge in [0.15, 0.2) is 0 Å². The van der Waals surface area contributed by atoms with E-state index in [-0.39, 0.29) is 0 Å². The molecule has 0 aromatic carbocycles. The SMILES string of the molecule is OCCC1C2CCNCC12. The molecule has 1 heterocycles. The molecule has 0 aromatic heterocycles. The van der Waals surface area contributed by atoms with Gasteiger partial charge in [-0.05, 0) is 43.7 Å². The zero-order chi connectivity index (χ0) is 6.97. The lowest BCUT2D eigenvalue weighted by atomic mass is 10.2. The molecule has 1 aliphatic carbocycles. The first-order valence-corrected chi connectivity index (χ1v) is 4.25. The smallest absolute Gasteiger partial charge is 0.0433 e. The third kappa shape index (κ3) is 0.956. The van der Waals surface area contributed by atoms with Crippen LogP contribution in [-0.2, 0) is 0 Å². The molecule has 2 aliphatic rings. The molecule has 2 N–H and O–H groups in total. The van der Waals surface area contributed by atoms with E-state index in [1.54, 1.807) is 0 Å². The highest BCUT2D eigenvalue weighted by Crippen LogP contribution is 2.51. The number of fused-ring (bicyclic) bond motifs is 1. The molecule has 0 radical (unpaired) electrons. The predicted molar refractivity (Wildman–Crippen MR) is 39.7 cm³/mol. The third-order valence-electron chi connectivity index (χ3n) is 3.01. The topological polar surface area (TPSA) is 32.3 Å². The fraction of sp³-hybridized carbons (Fsp3) is 1.00. The van der Waals surface area contributed by atoms with Crippen LogP contribution in [0.15, 0.2) is 0 Å². The highest BCUT2D eigenvalue weighted by molar-refractivity contribution is 5.00. The van der Waals surface area contributed by atoms with Gasteiger partial charge in [-0.25, -0.2) is 0 Å². The summed E-state index contributed by atoms with van der Waals surface area (Å²) in [5, 5.41) is 12.1. The Balaban J connectivity index is 1.82. The van der Waals surface area contributed by atoms with Crippen LogP contribution in [0.3, 0.4) is 0 Å². The van der Waals surface area contributed by atoms with E-state index in [1.807, 2.05) is 0 Å². The third-order valence-corrected chi connectivity index (χ3v) is 3.01. The molecule has 0 amide bonds. The fourth-order valence-electron chi connectivity index (χ4n) is 2.37. The van der Waals surface area contributed by atoms with Crippen LogP contribution >= 0.6 is 0 Å². The first-order chi connectivity index (χ1) is 4.93. The maximum Gasteiger partial charge on any atom is 0.0433 e. The van der Waals surface area contributed by atoms with Crippen LogP contribution in [0.25, 0.3) is 0 Å². The van der Waals surface area contributed by atoms with Crippen LogP contribution in [-0.4, -0.2) is 24.8 Å². The molecular formula is C8H15NO. The van der Waals surface area contributed by atoms with E-state index >= 15 is 0 Å². The van der Waals surface area contributed by atoms with Crippen LogP contribution < -0.4 is 5.32 Å². The molecule has 3 atom stereocenters. The molecule has 10 heavy (non-hydrogen) atoms. The van der Waals surface area contributed by atoms with Crippen molar-refractivity contribution in [1.29, 1.82) is 0 Å². The van der Waals surface area contributed by atoms with Gasteiger partial charge in [-0.2, -0.15) is 0 Å². The number of piperidine rings is 1. The van der Waals surface area contributed by atoms with E-state index < -0.39 is 0 Å². The van der Waals surface area contributed by atoms with Crippen molar-refractivity contribution in [2.24, 2.45) is 17.8 Å². The lowest BCUT2D eigenvalue weighted by Crippen LogP contribution is -2.23. The van der Waals surface area contributed by atoms with E-state index in [2.05, 4.69) is 5.32 Å². The van der Waals surface area contributed by atoms with Gasteiger partial charge in [0.2, 0.25) is 0 Å². The number of aliphatic hydroxyl groups excluding tert-OH is 1. The van der Waals surface area contributed by atoms with Gasteiger partial charge in [0.1, 0.15) is 0 Å². The zero-order valence-electron chi connectivity index (χ0n) is 6.21. The first kappa shape index (κ1) is 6.62. The Morgan fingerprint density at radius 3 is 2.90 bits per heavy atom. The summed E-state index contributed by atoms with van der Waals surface area (Å²) < 4.78 is 0. The van der Waals surface area contributed by atoms with E-state index in [9.17, 15) is 0 Å². The van der Waals surface area contributed by atoms with Crippen LogP contribution in [0.1, 0.15) is 12.8 Å². The number of rotatable bonds is 2. The second-order valence-corrected chi connectivity index (χ2v) is 3.50. The second kappa shape index (κ2) is 2.51. The van der Waals surface area contributed by atoms with Crippen LogP contribution in [0.2, 0.25) is 0 Å². The Bertz CT molecular complexity index is 114. The zero-order valence-corrected chi connectivity index (χ0v) is 6.21. The van der Waals surface area contributed by atoms with Gasteiger partial charge >= 0.3 is 0 Å². The summed E-state index contributed by atoms with van der Waals surface area (Å²) in [5.41, 5.74) is 0. The summed E-state index contributed by atoms with van der Waals surface area (Å²) in [6.45, 7) is 2.79. The van der Waals surface area contributed by atoms with Gasteiger partial charge in [0.25, 0.3) is 0 Å². The highest BCUT2D eigenvalue weighted by atomic mass is 16.3. The first-order valence-electron chi connectivity index (χ1n) is 4.25. The minimum Gasteiger partial charge on any atom is -0.396 e. The van der Waals surface area contributed by atoms with Crippen molar-refractivity contribution in [2.45, 2.75) is 12.8 Å². The molecule has 1 saturated heterocycles. The molecule has 2 nitrogen and oxygen atoms in total. The van der Waals surface area contributed by atoms with Gasteiger partial charge in [0.05, 0.1) is 0 Å². The molecule has 0 bridgehead atoms. The van der Waals surface area contributed by atoms with E-state index in [0.717, 1.165) is 24.2 Å². The van der Waals surface area contributed by atoms with Crippen molar-refractivity contribution in [3.8, 4) is 0 Å². The summed E-state index contributed by atoms with van der Waals surface area (Å²) in [6, 6.07) is 0. The van der Waals surface area contributed by atoms with Gasteiger partial charge in [-0.1, -0.05) is 0 Å². The highest BCUT2D eigenvalue weighted by Gasteiger charge is 2.49. The van der Waals surface area contributed by atoms with E-state index in [4.69, 9.17) is 5.11 Å². The fourth-order valence-corrected chi connectivity index (χ4v) is 2.37. The van der Waals surface area contributed by atoms with E-state index in [0.29, 0.717) is 6.61 Å². The predicted octanol–water partition coefficient (Wildman–Crippen LogP) is 0.224. The number of hydrogen-bond donors (Lipinski definition) is 2. The molecule has 0 aromatic rings. The summed E-state index contributed by atoms with van der Waals surface area (Å²) in [7, 11) is 0. The van der Waals surface area contributed by atoms with Crippen LogP contribution in [0, 0.1) is 17.8 Å². The van der Waals surface area contributed by atoms with Crippen molar-refractivity contribution in [2.75, 3.05) is 19.7 Å². The Morgan fingerprint density at radius 1 is 1.40 bits per heavy atom. The van der Waals surface area contributed by atoms with E-state index in [1.165, 1.54) is 19.5 Å². The Hall–Kier alpha value is -0.0800. The van der Waals surface area contributed by atoms with Gasteiger partial charge in [-0.15, -0.1) is 0 Å². The molecule has 3 unspecified atom stereocenters. The lowest BCUT2D eigenvalue weighted by molar-refractivity contribution is 0.275. The molecule has 2 heteroatoms. The minimum atomic E-state index is 0.387. The molecule has 1 aliphatic heterocycles. The number of hydrogen-bond acceptors (Lipinski definition) is 2. The molecule has 0 spiro atoms. The monoisotopic (exact) mass is 141 g/mol. The molecule has 1 saturated carbocycles. The maximum atomic E-state index is 8.70. The Morgan fingerprint density at radius 2 is 2.30 bits per heavy atom. The molecule has 58 valence electrons. The van der Waals surface area contributed by atoms with Gasteiger partial charge in [0, 0.05) is 6.61 Å². The number of aliphatic hydroxyl groups is 1. The van der Waals surface area contributed by atoms with Gasteiger partial charge in [-0.3, -0.25) is 0 Å². The standard InChI is InChI=1S/C8H15NO/c10-4-2-7-6-1-3-9-5-8(6)7/h6-10H,1-5H2. The summed E-state index contributed by atoms with van der Waals surface area (Å²) in [6.07, 6.45) is 2.38. The number of nitrogens with one attached hydrogen (secondary N) is 1. The summed E-state index contributed by atoms with van der Waals surface area (Å²) >= 11 is 0. The summed E-state index contributed by atoms with van der Waals surface area (Å²) in [4.78, 5) is 0. The van der Waals surface area contributed by atoms with Crippen molar-refractivity contribution < 1.29 is 5.11 Å². The normalized spacial score (nSPS) is 44.7. The minimum absolute atomic E-state index is 0.387. The van der Waals surface area contributed by atoms with Crippen molar-refractivity contribution >= 4 is 0 Å². The van der Waals surface area contributed by atoms with Gasteiger partial charge < -0.3 is 10.4 Å². The van der Waals surface area contributed by atoms with Crippen LogP contribution in [0.4, 0.5) is 0 Å². The Labute approximate surface area is 61.6 Å². The molecule has 2 fully saturated rings. The largest absolute Gasteiger partial charge is 0.396 e. The quantitative estimate of drug-likeness (QED) is 0.576. The maximum absolute atomic E-state index is 8.70. The average Bonchev–Trinajstić information content (AvgIpc) is 2.66. The second-order valence-electron chi connectivity index (χ2n) is 3.50. The Kier molecular flexibility index (Phi) is 1.66. The lowest BCUT2D eigenvalue weighted by Gasteiger charge is -2.08. The molecule has 2 rings (SSSR count). The molecular weight excluding hydrogens is 126 g/mol.